The van der Waals surface area contributed by atoms with Gasteiger partial charge in [-0.15, -0.1) is 0 Å². The number of carboxylic acids is 1. The Bertz CT molecular complexity index is 791. The fraction of sp³-hybridized carbons (Fsp3) is 0.286. The average molecular weight is 353 g/mol. The maximum atomic E-state index is 11.8. The molecule has 2 rings (SSSR count). The predicted molar refractivity (Wildman–Crippen MR) is 99.9 cm³/mol. The molecule has 0 aromatic heterocycles. The number of aliphatic carboxylic acids is 1. The van der Waals surface area contributed by atoms with Gasteiger partial charge in [0.1, 0.15) is 12.3 Å². The molecule has 0 saturated heterocycles. The van der Waals surface area contributed by atoms with Gasteiger partial charge in [-0.1, -0.05) is 42.5 Å². The SMILES string of the molecule is Cc1cccc(C)c1-c1ccc(CC(NC(=O)C(C)C=O)C(=O)O)cc1. The third-order valence-corrected chi connectivity index (χ3v) is 4.40. The first-order valence-corrected chi connectivity index (χ1v) is 8.47. The van der Waals surface area contributed by atoms with Crippen molar-refractivity contribution in [2.24, 2.45) is 5.92 Å². The van der Waals surface area contributed by atoms with Crippen LogP contribution in [0.1, 0.15) is 23.6 Å². The Balaban J connectivity index is 2.17. The van der Waals surface area contributed by atoms with E-state index in [0.717, 1.165) is 11.1 Å². The molecular formula is C21H23NO4. The third-order valence-electron chi connectivity index (χ3n) is 4.40. The standard InChI is InChI=1S/C21H23NO4/c1-13-5-4-6-14(2)19(13)17-9-7-16(8-10-17)11-18(21(25)26)22-20(24)15(3)12-23/h4-10,12,15,18H,11H2,1-3H3,(H,22,24)(H,25,26). The number of hydrogen-bond acceptors (Lipinski definition) is 3. The predicted octanol–water partition coefficient (Wildman–Crippen LogP) is 2.92. The lowest BCUT2D eigenvalue weighted by Crippen LogP contribution is -2.44. The molecule has 0 spiro atoms. The number of benzene rings is 2. The lowest BCUT2D eigenvalue weighted by molar-refractivity contribution is -0.142. The summed E-state index contributed by atoms with van der Waals surface area (Å²) in [6, 6.07) is 12.7. The highest BCUT2D eigenvalue weighted by molar-refractivity contribution is 5.93. The van der Waals surface area contributed by atoms with E-state index in [0.29, 0.717) is 6.29 Å². The third kappa shape index (κ3) is 4.57. The minimum atomic E-state index is -1.13. The van der Waals surface area contributed by atoms with E-state index in [1.165, 1.54) is 23.6 Å². The van der Waals surface area contributed by atoms with Crippen LogP contribution in [-0.2, 0) is 20.8 Å². The van der Waals surface area contributed by atoms with Crippen LogP contribution in [0.4, 0.5) is 0 Å². The molecule has 26 heavy (non-hydrogen) atoms. The largest absolute Gasteiger partial charge is 0.480 e. The van der Waals surface area contributed by atoms with Gasteiger partial charge in [0, 0.05) is 6.42 Å². The van der Waals surface area contributed by atoms with Crippen molar-refractivity contribution in [3.05, 3.63) is 59.2 Å². The molecule has 1 amide bonds. The van der Waals surface area contributed by atoms with Crippen LogP contribution >= 0.6 is 0 Å². The summed E-state index contributed by atoms with van der Waals surface area (Å²) in [5.41, 5.74) is 5.38. The lowest BCUT2D eigenvalue weighted by Gasteiger charge is -2.16. The van der Waals surface area contributed by atoms with Crippen LogP contribution in [0, 0.1) is 19.8 Å². The van der Waals surface area contributed by atoms with Crippen molar-refractivity contribution < 1.29 is 19.5 Å². The monoisotopic (exact) mass is 353 g/mol. The van der Waals surface area contributed by atoms with E-state index >= 15 is 0 Å². The number of aryl methyl sites for hydroxylation is 2. The summed E-state index contributed by atoms with van der Waals surface area (Å²) in [6.07, 6.45) is 0.646. The van der Waals surface area contributed by atoms with E-state index in [1.807, 2.05) is 30.3 Å². The summed E-state index contributed by atoms with van der Waals surface area (Å²) < 4.78 is 0. The van der Waals surface area contributed by atoms with Crippen LogP contribution < -0.4 is 5.32 Å². The summed E-state index contributed by atoms with van der Waals surface area (Å²) in [6.45, 7) is 5.54. The van der Waals surface area contributed by atoms with E-state index in [1.54, 1.807) is 0 Å². The first-order chi connectivity index (χ1) is 12.3. The highest BCUT2D eigenvalue weighted by Gasteiger charge is 2.23. The Labute approximate surface area is 153 Å². The molecule has 2 atom stereocenters. The van der Waals surface area contributed by atoms with Crippen LogP contribution in [0.3, 0.4) is 0 Å². The number of hydrogen-bond donors (Lipinski definition) is 2. The van der Waals surface area contributed by atoms with Crippen molar-refractivity contribution in [1.29, 1.82) is 0 Å². The van der Waals surface area contributed by atoms with Crippen LogP contribution in [0.25, 0.3) is 11.1 Å². The molecule has 0 heterocycles. The van der Waals surface area contributed by atoms with Gasteiger partial charge in [-0.25, -0.2) is 4.79 Å². The summed E-state index contributed by atoms with van der Waals surface area (Å²) in [7, 11) is 0. The summed E-state index contributed by atoms with van der Waals surface area (Å²) in [5.74, 6) is -2.59. The van der Waals surface area contributed by atoms with Gasteiger partial charge in [0.05, 0.1) is 5.92 Å². The molecule has 5 nitrogen and oxygen atoms in total. The zero-order valence-electron chi connectivity index (χ0n) is 15.2. The van der Waals surface area contributed by atoms with Gasteiger partial charge >= 0.3 is 5.97 Å². The van der Waals surface area contributed by atoms with E-state index in [2.05, 4.69) is 31.3 Å². The number of aldehydes is 1. The van der Waals surface area contributed by atoms with Gasteiger partial charge in [0.15, 0.2) is 0 Å². The van der Waals surface area contributed by atoms with Crippen LogP contribution in [0.2, 0.25) is 0 Å². The number of carboxylic acid groups (broad SMARTS) is 1. The molecule has 136 valence electrons. The maximum Gasteiger partial charge on any atom is 0.326 e. The molecule has 0 radical (unpaired) electrons. The smallest absolute Gasteiger partial charge is 0.326 e. The Morgan fingerprint density at radius 1 is 1.08 bits per heavy atom. The van der Waals surface area contributed by atoms with Crippen molar-refractivity contribution in [3.63, 3.8) is 0 Å². The minimum absolute atomic E-state index is 0.152. The average Bonchev–Trinajstić information content (AvgIpc) is 2.61. The molecule has 2 N–H and O–H groups in total. The fourth-order valence-electron chi connectivity index (χ4n) is 2.88. The topological polar surface area (TPSA) is 83.5 Å². The first kappa shape index (κ1) is 19.4. The fourth-order valence-corrected chi connectivity index (χ4v) is 2.88. The molecule has 2 unspecified atom stereocenters. The second-order valence-corrected chi connectivity index (χ2v) is 6.49. The van der Waals surface area contributed by atoms with Gasteiger partial charge in [0.25, 0.3) is 0 Å². The van der Waals surface area contributed by atoms with Crippen LogP contribution in [0.5, 0.6) is 0 Å². The zero-order chi connectivity index (χ0) is 19.3. The number of nitrogens with one attached hydrogen (secondary N) is 1. The Hall–Kier alpha value is -2.95. The molecule has 0 aliphatic carbocycles. The molecule has 2 aromatic rings. The number of carbonyl (C=O) groups is 3. The molecule has 0 bridgehead atoms. The number of carbonyl (C=O) groups excluding carboxylic acids is 2. The van der Waals surface area contributed by atoms with Crippen molar-refractivity contribution in [2.45, 2.75) is 33.2 Å². The van der Waals surface area contributed by atoms with Gasteiger partial charge in [-0.2, -0.15) is 0 Å². The van der Waals surface area contributed by atoms with E-state index in [4.69, 9.17) is 0 Å². The lowest BCUT2D eigenvalue weighted by atomic mass is 9.94. The Morgan fingerprint density at radius 2 is 1.65 bits per heavy atom. The maximum absolute atomic E-state index is 11.8. The van der Waals surface area contributed by atoms with Crippen LogP contribution in [-0.4, -0.2) is 29.3 Å². The highest BCUT2D eigenvalue weighted by atomic mass is 16.4. The minimum Gasteiger partial charge on any atom is -0.480 e. The van der Waals surface area contributed by atoms with Crippen molar-refractivity contribution in [3.8, 4) is 11.1 Å². The number of amides is 1. The number of rotatable bonds is 7. The van der Waals surface area contributed by atoms with E-state index in [-0.39, 0.29) is 6.42 Å². The van der Waals surface area contributed by atoms with Crippen LogP contribution in [0.15, 0.2) is 42.5 Å². The molecule has 0 aliphatic heterocycles. The molecule has 0 fully saturated rings. The van der Waals surface area contributed by atoms with Gasteiger partial charge < -0.3 is 15.2 Å². The molecule has 5 heteroatoms. The molecule has 0 saturated carbocycles. The van der Waals surface area contributed by atoms with Crippen molar-refractivity contribution in [1.82, 2.24) is 5.32 Å². The second kappa shape index (κ2) is 8.43. The quantitative estimate of drug-likeness (QED) is 0.592. The van der Waals surface area contributed by atoms with Crippen molar-refractivity contribution in [2.75, 3.05) is 0 Å². The summed E-state index contributed by atoms with van der Waals surface area (Å²) in [4.78, 5) is 33.9. The molecular weight excluding hydrogens is 330 g/mol. The van der Waals surface area contributed by atoms with E-state index < -0.39 is 23.8 Å². The Kier molecular flexibility index (Phi) is 6.28. The highest BCUT2D eigenvalue weighted by Crippen LogP contribution is 2.27. The second-order valence-electron chi connectivity index (χ2n) is 6.49. The zero-order valence-corrected chi connectivity index (χ0v) is 15.2. The van der Waals surface area contributed by atoms with E-state index in [9.17, 15) is 19.5 Å². The Morgan fingerprint density at radius 3 is 2.15 bits per heavy atom. The summed E-state index contributed by atoms with van der Waals surface area (Å²) >= 11 is 0. The first-order valence-electron chi connectivity index (χ1n) is 8.47. The van der Waals surface area contributed by atoms with Gasteiger partial charge in [-0.3, -0.25) is 4.79 Å². The van der Waals surface area contributed by atoms with Gasteiger partial charge in [0.2, 0.25) is 5.91 Å². The van der Waals surface area contributed by atoms with Gasteiger partial charge in [-0.05, 0) is 48.6 Å². The molecule has 2 aromatic carbocycles. The molecule has 0 aliphatic rings. The summed E-state index contributed by atoms with van der Waals surface area (Å²) in [5, 5.41) is 11.8. The normalized spacial score (nSPS) is 12.9. The van der Waals surface area contributed by atoms with Crippen molar-refractivity contribution >= 4 is 18.2 Å².